The summed E-state index contributed by atoms with van der Waals surface area (Å²) in [7, 11) is 2.13. The quantitative estimate of drug-likeness (QED) is 0.648. The highest BCUT2D eigenvalue weighted by Gasteiger charge is 2.18. The van der Waals surface area contributed by atoms with Crippen LogP contribution in [0.4, 0.5) is 11.4 Å². The molecule has 2 aromatic carbocycles. The molecular weight excluding hydrogens is 402 g/mol. The number of hydrogen-bond acceptors (Lipinski definition) is 6. The topological polar surface area (TPSA) is 74.5 Å². The van der Waals surface area contributed by atoms with Crippen LogP contribution >= 0.6 is 11.6 Å². The third kappa shape index (κ3) is 4.98. The molecule has 1 aliphatic heterocycles. The lowest BCUT2D eigenvalue weighted by Crippen LogP contribution is -2.44. The Bertz CT molecular complexity index is 997. The molecule has 8 heteroatoms. The maximum atomic E-state index is 12.5. The average Bonchev–Trinajstić information content (AvgIpc) is 3.23. The normalized spacial score (nSPS) is 14.7. The lowest BCUT2D eigenvalue weighted by molar-refractivity contribution is -0.116. The van der Waals surface area contributed by atoms with E-state index in [1.807, 2.05) is 30.3 Å². The number of nitrogens with zero attached hydrogens (tertiary/aromatic N) is 4. The first kappa shape index (κ1) is 20.4. The van der Waals surface area contributed by atoms with Crippen molar-refractivity contribution in [3.63, 3.8) is 0 Å². The number of aromatic nitrogens is 2. The van der Waals surface area contributed by atoms with Gasteiger partial charge in [0, 0.05) is 49.6 Å². The maximum absolute atomic E-state index is 12.5. The Hall–Kier alpha value is -2.90. The van der Waals surface area contributed by atoms with Crippen LogP contribution in [-0.4, -0.2) is 54.2 Å². The van der Waals surface area contributed by atoms with Gasteiger partial charge in [-0.3, -0.25) is 4.79 Å². The number of halogens is 1. The molecule has 1 saturated heterocycles. The number of hydrogen-bond donors (Lipinski definition) is 1. The van der Waals surface area contributed by atoms with Gasteiger partial charge in [0.15, 0.2) is 0 Å². The van der Waals surface area contributed by atoms with Crippen LogP contribution in [0.1, 0.15) is 12.3 Å². The first-order chi connectivity index (χ1) is 14.6. The van der Waals surface area contributed by atoms with Gasteiger partial charge >= 0.3 is 0 Å². The fourth-order valence-electron chi connectivity index (χ4n) is 3.41. The lowest BCUT2D eigenvalue weighted by atomic mass is 10.2. The molecule has 0 aliphatic carbocycles. The van der Waals surface area contributed by atoms with Crippen molar-refractivity contribution in [2.45, 2.75) is 12.8 Å². The molecular formula is C22H24ClN5O2. The number of benzene rings is 2. The van der Waals surface area contributed by atoms with Crippen molar-refractivity contribution in [2.24, 2.45) is 0 Å². The summed E-state index contributed by atoms with van der Waals surface area (Å²) in [6.07, 6.45) is 0.641. The Kier molecular flexibility index (Phi) is 6.30. The molecule has 0 unspecified atom stereocenters. The number of carbonyl (C=O) groups excluding carboxylic acids is 1. The largest absolute Gasteiger partial charge is 0.367 e. The molecule has 7 nitrogen and oxygen atoms in total. The minimum Gasteiger partial charge on any atom is -0.367 e. The van der Waals surface area contributed by atoms with Crippen LogP contribution in [0.15, 0.2) is 53.1 Å². The zero-order valence-electron chi connectivity index (χ0n) is 16.8. The average molecular weight is 426 g/mol. The van der Waals surface area contributed by atoms with Gasteiger partial charge in [0.2, 0.25) is 17.6 Å². The van der Waals surface area contributed by atoms with Crippen molar-refractivity contribution < 1.29 is 9.32 Å². The molecule has 3 aromatic rings. The molecule has 0 bridgehead atoms. The molecule has 30 heavy (non-hydrogen) atoms. The first-order valence-corrected chi connectivity index (χ1v) is 10.4. The summed E-state index contributed by atoms with van der Waals surface area (Å²) in [6.45, 7) is 3.91. The molecule has 0 atom stereocenters. The third-order valence-corrected chi connectivity index (χ3v) is 5.41. The summed E-state index contributed by atoms with van der Waals surface area (Å²) in [4.78, 5) is 21.5. The molecule has 1 aliphatic rings. The molecule has 0 spiro atoms. The number of carbonyl (C=O) groups is 1. The fraction of sp³-hybridized carbons (Fsp3) is 0.318. The number of rotatable bonds is 6. The smallest absolute Gasteiger partial charge is 0.227 e. The zero-order valence-corrected chi connectivity index (χ0v) is 17.6. The van der Waals surface area contributed by atoms with Crippen molar-refractivity contribution in [1.29, 1.82) is 0 Å². The second-order valence-electron chi connectivity index (χ2n) is 7.37. The van der Waals surface area contributed by atoms with E-state index in [0.717, 1.165) is 43.1 Å². The molecule has 1 amide bonds. The van der Waals surface area contributed by atoms with E-state index in [2.05, 4.69) is 38.4 Å². The third-order valence-electron chi connectivity index (χ3n) is 5.16. The summed E-state index contributed by atoms with van der Waals surface area (Å²) in [5, 5.41) is 7.67. The number of aryl methyl sites for hydroxylation is 1. The molecule has 156 valence electrons. The van der Waals surface area contributed by atoms with Gasteiger partial charge in [0.05, 0.1) is 11.4 Å². The van der Waals surface area contributed by atoms with E-state index in [1.54, 1.807) is 12.1 Å². The van der Waals surface area contributed by atoms with Gasteiger partial charge in [-0.1, -0.05) is 28.9 Å². The SMILES string of the molecule is CN1CCN(c2ccccc2NC(=O)CCc2nc(-c3ccc(Cl)cc3)no2)CC1. The summed E-state index contributed by atoms with van der Waals surface area (Å²) >= 11 is 5.91. The number of nitrogens with one attached hydrogen (secondary N) is 1. The van der Waals surface area contributed by atoms with Crippen molar-refractivity contribution in [3.05, 3.63) is 59.4 Å². The van der Waals surface area contributed by atoms with E-state index < -0.39 is 0 Å². The van der Waals surface area contributed by atoms with Gasteiger partial charge in [0.25, 0.3) is 0 Å². The van der Waals surface area contributed by atoms with Gasteiger partial charge in [-0.25, -0.2) is 0 Å². The highest BCUT2D eigenvalue weighted by atomic mass is 35.5. The monoisotopic (exact) mass is 425 g/mol. The predicted octanol–water partition coefficient (Wildman–Crippen LogP) is 3.71. The number of para-hydroxylation sites is 2. The van der Waals surface area contributed by atoms with Crippen LogP contribution in [0.25, 0.3) is 11.4 Å². The maximum Gasteiger partial charge on any atom is 0.227 e. The minimum absolute atomic E-state index is 0.0807. The Balaban J connectivity index is 1.35. The summed E-state index contributed by atoms with van der Waals surface area (Å²) in [6, 6.07) is 15.1. The minimum atomic E-state index is -0.0807. The molecule has 2 heterocycles. The Morgan fingerprint density at radius 2 is 1.83 bits per heavy atom. The van der Waals surface area contributed by atoms with Crippen molar-refractivity contribution in [1.82, 2.24) is 15.0 Å². The Morgan fingerprint density at radius 1 is 1.10 bits per heavy atom. The van der Waals surface area contributed by atoms with Crippen molar-refractivity contribution in [2.75, 3.05) is 43.4 Å². The summed E-state index contributed by atoms with van der Waals surface area (Å²) in [5.41, 5.74) is 2.71. The van der Waals surface area contributed by atoms with Gasteiger partial charge in [-0.2, -0.15) is 4.98 Å². The van der Waals surface area contributed by atoms with E-state index in [0.29, 0.717) is 23.2 Å². The van der Waals surface area contributed by atoms with Gasteiger partial charge < -0.3 is 19.6 Å². The van der Waals surface area contributed by atoms with Crippen LogP contribution < -0.4 is 10.2 Å². The van der Waals surface area contributed by atoms with Gasteiger partial charge in [-0.15, -0.1) is 0 Å². The number of anilines is 2. The molecule has 1 fully saturated rings. The zero-order chi connectivity index (χ0) is 20.9. The molecule has 1 N–H and O–H groups in total. The van der Waals surface area contributed by atoms with E-state index in [-0.39, 0.29) is 12.3 Å². The Morgan fingerprint density at radius 3 is 2.60 bits per heavy atom. The highest BCUT2D eigenvalue weighted by molar-refractivity contribution is 6.30. The number of amides is 1. The first-order valence-electron chi connectivity index (χ1n) is 9.99. The molecule has 0 radical (unpaired) electrons. The van der Waals surface area contributed by atoms with Crippen LogP contribution in [0.2, 0.25) is 5.02 Å². The van der Waals surface area contributed by atoms with E-state index in [1.165, 1.54) is 0 Å². The molecule has 4 rings (SSSR count). The summed E-state index contributed by atoms with van der Waals surface area (Å²) in [5.74, 6) is 0.841. The van der Waals surface area contributed by atoms with Crippen LogP contribution in [-0.2, 0) is 11.2 Å². The predicted molar refractivity (Wildman–Crippen MR) is 118 cm³/mol. The van der Waals surface area contributed by atoms with Crippen molar-refractivity contribution >= 4 is 28.9 Å². The second kappa shape index (κ2) is 9.28. The summed E-state index contributed by atoms with van der Waals surface area (Å²) < 4.78 is 5.29. The molecule has 1 aromatic heterocycles. The van der Waals surface area contributed by atoms with E-state index in [4.69, 9.17) is 16.1 Å². The Labute approximate surface area is 180 Å². The van der Waals surface area contributed by atoms with Crippen LogP contribution in [0.5, 0.6) is 0 Å². The van der Waals surface area contributed by atoms with Gasteiger partial charge in [0.1, 0.15) is 0 Å². The van der Waals surface area contributed by atoms with Gasteiger partial charge in [-0.05, 0) is 43.4 Å². The second-order valence-corrected chi connectivity index (χ2v) is 7.81. The van der Waals surface area contributed by atoms with Crippen LogP contribution in [0, 0.1) is 0 Å². The number of piperazine rings is 1. The number of likely N-dealkylation sites (N-methyl/N-ethyl adjacent to an activating group) is 1. The van der Waals surface area contributed by atoms with Crippen molar-refractivity contribution in [3.8, 4) is 11.4 Å². The van der Waals surface area contributed by atoms with E-state index >= 15 is 0 Å². The molecule has 0 saturated carbocycles. The highest BCUT2D eigenvalue weighted by Crippen LogP contribution is 2.27. The fourth-order valence-corrected chi connectivity index (χ4v) is 3.53. The van der Waals surface area contributed by atoms with Crippen LogP contribution in [0.3, 0.4) is 0 Å². The van der Waals surface area contributed by atoms with E-state index in [9.17, 15) is 4.79 Å². The standard InChI is InChI=1S/C22H24ClN5O2/c1-27-12-14-28(15-13-27)19-5-3-2-4-18(19)24-20(29)10-11-21-25-22(26-30-21)16-6-8-17(23)9-7-16/h2-9H,10-15H2,1H3,(H,24,29). The lowest BCUT2D eigenvalue weighted by Gasteiger charge is -2.35.